The summed E-state index contributed by atoms with van der Waals surface area (Å²) >= 11 is 0. The second-order valence-corrected chi connectivity index (χ2v) is 5.56. The molecule has 3 heteroatoms. The molecule has 1 aliphatic carbocycles. The highest BCUT2D eigenvalue weighted by Gasteiger charge is 2.21. The Hall–Kier alpha value is -0.900. The molecule has 112 valence electrons. The van der Waals surface area contributed by atoms with Gasteiger partial charge in [0.1, 0.15) is 0 Å². The molecule has 0 saturated heterocycles. The smallest absolute Gasteiger partial charge is 0.172 e. The van der Waals surface area contributed by atoms with Gasteiger partial charge in [-0.25, -0.2) is 0 Å². The average Bonchev–Trinajstić information content (AvgIpc) is 2.93. The molecule has 0 saturated carbocycles. The molecule has 0 aliphatic heterocycles. The number of hydrogen-bond donors (Lipinski definition) is 1. The minimum absolute atomic E-state index is 0.199. The lowest BCUT2D eigenvalue weighted by Gasteiger charge is -2.26. The predicted molar refractivity (Wildman–Crippen MR) is 82.1 cm³/mol. The summed E-state index contributed by atoms with van der Waals surface area (Å²) < 4.78 is 10.9. The number of hydrogen-bond acceptors (Lipinski definition) is 3. The van der Waals surface area contributed by atoms with Crippen LogP contribution in [0.25, 0.3) is 0 Å². The number of aryl methyl sites for hydroxylation is 2. The summed E-state index contributed by atoms with van der Waals surface area (Å²) in [6.45, 7) is 3.16. The van der Waals surface area contributed by atoms with Crippen molar-refractivity contribution >= 4 is 0 Å². The van der Waals surface area contributed by atoms with Gasteiger partial charge in [-0.05, 0) is 55.3 Å². The first-order chi connectivity index (χ1) is 9.78. The first-order valence-electron chi connectivity index (χ1n) is 7.68. The summed E-state index contributed by atoms with van der Waals surface area (Å²) in [5.74, 6) is 0. The third kappa shape index (κ3) is 3.81. The molecule has 20 heavy (non-hydrogen) atoms. The van der Waals surface area contributed by atoms with Crippen molar-refractivity contribution < 1.29 is 9.47 Å². The largest absolute Gasteiger partial charge is 0.354 e. The van der Waals surface area contributed by atoms with Gasteiger partial charge < -0.3 is 14.8 Å². The summed E-state index contributed by atoms with van der Waals surface area (Å²) in [7, 11) is 3.41. The maximum Gasteiger partial charge on any atom is 0.172 e. The molecular formula is C17H27NO2. The Labute approximate surface area is 122 Å². The van der Waals surface area contributed by atoms with Crippen molar-refractivity contribution in [1.82, 2.24) is 5.32 Å². The lowest BCUT2D eigenvalue weighted by atomic mass is 10.0. The molecule has 1 aliphatic rings. The van der Waals surface area contributed by atoms with Gasteiger partial charge in [-0.1, -0.05) is 25.1 Å². The zero-order chi connectivity index (χ0) is 14.4. The summed E-state index contributed by atoms with van der Waals surface area (Å²) in [5.41, 5.74) is 4.43. The fourth-order valence-electron chi connectivity index (χ4n) is 3.03. The van der Waals surface area contributed by atoms with Crippen molar-refractivity contribution in [2.75, 3.05) is 20.8 Å². The topological polar surface area (TPSA) is 30.5 Å². The van der Waals surface area contributed by atoms with Crippen LogP contribution in [0.15, 0.2) is 18.2 Å². The minimum Gasteiger partial charge on any atom is -0.354 e. The van der Waals surface area contributed by atoms with Crippen LogP contribution in [0, 0.1) is 0 Å². The van der Waals surface area contributed by atoms with Crippen molar-refractivity contribution in [1.29, 1.82) is 0 Å². The fraction of sp³-hybridized carbons (Fsp3) is 0.647. The Morgan fingerprint density at radius 3 is 2.60 bits per heavy atom. The third-order valence-corrected chi connectivity index (χ3v) is 4.07. The maximum absolute atomic E-state index is 5.44. The average molecular weight is 277 g/mol. The fourth-order valence-corrected chi connectivity index (χ4v) is 3.03. The van der Waals surface area contributed by atoms with Gasteiger partial charge in [0.05, 0.1) is 6.04 Å². The molecule has 0 radical (unpaired) electrons. The summed E-state index contributed by atoms with van der Waals surface area (Å²) in [4.78, 5) is 0. The van der Waals surface area contributed by atoms with Crippen LogP contribution < -0.4 is 5.32 Å². The Balaban J connectivity index is 2.06. The summed E-state index contributed by atoms with van der Waals surface area (Å²) in [5, 5.41) is 3.54. The molecule has 0 spiro atoms. The maximum atomic E-state index is 5.44. The van der Waals surface area contributed by atoms with Crippen LogP contribution in [0.5, 0.6) is 0 Å². The van der Waals surface area contributed by atoms with E-state index in [1.807, 2.05) is 0 Å². The Bertz CT molecular complexity index is 415. The zero-order valence-corrected chi connectivity index (χ0v) is 12.9. The number of nitrogens with one attached hydrogen (secondary N) is 1. The van der Waals surface area contributed by atoms with Crippen LogP contribution >= 0.6 is 0 Å². The molecule has 2 rings (SSSR count). The van der Waals surface area contributed by atoms with Gasteiger partial charge in [0, 0.05) is 14.2 Å². The van der Waals surface area contributed by atoms with Crippen LogP contribution in [0.3, 0.4) is 0 Å². The second kappa shape index (κ2) is 7.77. The molecule has 0 heterocycles. The van der Waals surface area contributed by atoms with E-state index in [0.717, 1.165) is 19.4 Å². The van der Waals surface area contributed by atoms with Crippen molar-refractivity contribution in [3.05, 3.63) is 34.9 Å². The standard InChI is InChI=1S/C17H27NO2/c1-4-10-18-16(17(19-2)20-3)12-13-8-9-14-6-5-7-15(14)11-13/h8-9,11,16-18H,4-7,10,12H2,1-3H3. The van der Waals surface area contributed by atoms with E-state index in [1.165, 1.54) is 36.0 Å². The molecule has 3 nitrogen and oxygen atoms in total. The molecule has 0 bridgehead atoms. The van der Waals surface area contributed by atoms with Gasteiger partial charge in [0.2, 0.25) is 0 Å². The lowest BCUT2D eigenvalue weighted by Crippen LogP contribution is -2.44. The highest BCUT2D eigenvalue weighted by Crippen LogP contribution is 2.23. The third-order valence-electron chi connectivity index (χ3n) is 4.07. The molecular weight excluding hydrogens is 250 g/mol. The minimum atomic E-state index is -0.199. The van der Waals surface area contributed by atoms with Gasteiger partial charge >= 0.3 is 0 Å². The highest BCUT2D eigenvalue weighted by atomic mass is 16.7. The van der Waals surface area contributed by atoms with Crippen LogP contribution in [-0.2, 0) is 28.7 Å². The van der Waals surface area contributed by atoms with E-state index in [9.17, 15) is 0 Å². The van der Waals surface area contributed by atoms with Gasteiger partial charge in [-0.2, -0.15) is 0 Å². The first kappa shape index (κ1) is 15.5. The summed E-state index contributed by atoms with van der Waals surface area (Å²) in [6.07, 6.45) is 5.63. The van der Waals surface area contributed by atoms with Crippen molar-refractivity contribution in [2.24, 2.45) is 0 Å². The van der Waals surface area contributed by atoms with E-state index in [1.54, 1.807) is 14.2 Å². The molecule has 1 aromatic rings. The van der Waals surface area contributed by atoms with Gasteiger partial charge in [-0.15, -0.1) is 0 Å². The van der Waals surface area contributed by atoms with E-state index in [2.05, 4.69) is 30.4 Å². The quantitative estimate of drug-likeness (QED) is 0.741. The van der Waals surface area contributed by atoms with E-state index < -0.39 is 0 Å². The van der Waals surface area contributed by atoms with Crippen molar-refractivity contribution in [2.45, 2.75) is 51.4 Å². The van der Waals surface area contributed by atoms with E-state index in [4.69, 9.17) is 9.47 Å². The number of methoxy groups -OCH3 is 2. The SMILES string of the molecule is CCCNC(Cc1ccc2c(c1)CCC2)C(OC)OC. The summed E-state index contributed by atoms with van der Waals surface area (Å²) in [6, 6.07) is 7.12. The van der Waals surface area contributed by atoms with E-state index in [-0.39, 0.29) is 12.3 Å². The van der Waals surface area contributed by atoms with Gasteiger partial charge in [-0.3, -0.25) is 0 Å². The Morgan fingerprint density at radius 2 is 1.90 bits per heavy atom. The van der Waals surface area contributed by atoms with Gasteiger partial charge in [0.25, 0.3) is 0 Å². The van der Waals surface area contributed by atoms with E-state index >= 15 is 0 Å². The lowest BCUT2D eigenvalue weighted by molar-refractivity contribution is -0.122. The second-order valence-electron chi connectivity index (χ2n) is 5.56. The molecule has 1 aromatic carbocycles. The number of fused-ring (bicyclic) bond motifs is 1. The molecule has 0 aromatic heterocycles. The molecule has 1 N–H and O–H groups in total. The molecule has 1 atom stereocenters. The predicted octanol–water partition coefficient (Wildman–Crippen LogP) is 2.70. The Morgan fingerprint density at radius 1 is 1.15 bits per heavy atom. The van der Waals surface area contributed by atoms with Crippen LogP contribution in [0.4, 0.5) is 0 Å². The first-order valence-corrected chi connectivity index (χ1v) is 7.68. The van der Waals surface area contributed by atoms with Crippen LogP contribution in [-0.4, -0.2) is 33.1 Å². The monoisotopic (exact) mass is 277 g/mol. The van der Waals surface area contributed by atoms with Crippen molar-refractivity contribution in [3.63, 3.8) is 0 Å². The number of benzene rings is 1. The van der Waals surface area contributed by atoms with Crippen LogP contribution in [0.2, 0.25) is 0 Å². The zero-order valence-electron chi connectivity index (χ0n) is 12.9. The molecule has 1 unspecified atom stereocenters. The van der Waals surface area contributed by atoms with Crippen molar-refractivity contribution in [3.8, 4) is 0 Å². The normalized spacial score (nSPS) is 15.6. The highest BCUT2D eigenvalue weighted by molar-refractivity contribution is 5.35. The molecule has 0 fully saturated rings. The molecule has 0 amide bonds. The van der Waals surface area contributed by atoms with Crippen LogP contribution in [0.1, 0.15) is 36.5 Å². The number of ether oxygens (including phenoxy) is 2. The van der Waals surface area contributed by atoms with E-state index in [0.29, 0.717) is 0 Å². The number of rotatable bonds is 8. The van der Waals surface area contributed by atoms with Gasteiger partial charge in [0.15, 0.2) is 6.29 Å². The Kier molecular flexibility index (Phi) is 6.02.